The van der Waals surface area contributed by atoms with Gasteiger partial charge in [-0.3, -0.25) is 13.9 Å². The van der Waals surface area contributed by atoms with Gasteiger partial charge in [0, 0.05) is 22.6 Å². The third kappa shape index (κ3) is 8.24. The predicted octanol–water partition coefficient (Wildman–Crippen LogP) is 6.45. The average Bonchev–Trinajstić information content (AvgIpc) is 2.87. The molecule has 1 atom stereocenters. The van der Waals surface area contributed by atoms with E-state index in [0.29, 0.717) is 27.7 Å². The van der Waals surface area contributed by atoms with Gasteiger partial charge in [0.15, 0.2) is 0 Å². The van der Waals surface area contributed by atoms with Crippen molar-refractivity contribution >= 4 is 50.7 Å². The molecule has 0 radical (unpaired) electrons. The van der Waals surface area contributed by atoms with E-state index in [-0.39, 0.29) is 23.4 Å². The van der Waals surface area contributed by atoms with Crippen LogP contribution < -0.4 is 9.62 Å². The van der Waals surface area contributed by atoms with Crippen LogP contribution in [-0.2, 0) is 26.2 Å². The largest absolute Gasteiger partial charge is 0.352 e. The smallest absolute Gasteiger partial charge is 0.264 e. The van der Waals surface area contributed by atoms with E-state index < -0.39 is 28.5 Å². The Morgan fingerprint density at radius 1 is 0.878 bits per heavy atom. The van der Waals surface area contributed by atoms with Gasteiger partial charge in [0.25, 0.3) is 10.0 Å². The lowest BCUT2D eigenvalue weighted by Crippen LogP contribution is -2.53. The van der Waals surface area contributed by atoms with Crippen LogP contribution in [0.5, 0.6) is 0 Å². The minimum absolute atomic E-state index is 0.00980. The van der Waals surface area contributed by atoms with Crippen molar-refractivity contribution in [3.05, 3.63) is 93.0 Å². The lowest BCUT2D eigenvalue weighted by Gasteiger charge is -2.34. The lowest BCUT2D eigenvalue weighted by atomic mass is 10.1. The molecular weight excluding hydrogens is 581 g/mol. The minimum atomic E-state index is -4.15. The molecule has 3 aromatic carbocycles. The van der Waals surface area contributed by atoms with Gasteiger partial charge in [-0.1, -0.05) is 60.0 Å². The highest BCUT2D eigenvalue weighted by Gasteiger charge is 2.34. The third-order valence-electron chi connectivity index (χ3n) is 6.55. The number of rotatable bonds is 11. The van der Waals surface area contributed by atoms with Crippen molar-refractivity contribution in [2.24, 2.45) is 0 Å². The molecule has 3 rings (SSSR count). The monoisotopic (exact) mass is 617 g/mol. The molecule has 41 heavy (non-hydrogen) atoms. The molecule has 0 saturated heterocycles. The van der Waals surface area contributed by atoms with Crippen molar-refractivity contribution in [1.29, 1.82) is 0 Å². The standard InChI is InChI=1S/C31H37Cl2N3O4S/c1-7-29(31(38)34-20(2)3)35(18-24-10-11-25(32)17-28(24)33)30(37)19-36(26-15-22(5)14-23(6)16-26)41(39,40)27-12-8-21(4)9-13-27/h8-17,20,29H,7,18-19H2,1-6H3,(H,34,38). The first kappa shape index (κ1) is 32.4. The topological polar surface area (TPSA) is 86.8 Å². The molecule has 0 saturated carbocycles. The van der Waals surface area contributed by atoms with Crippen LogP contribution in [0.25, 0.3) is 0 Å². The number of benzene rings is 3. The molecule has 3 aromatic rings. The second kappa shape index (κ2) is 13.7. The summed E-state index contributed by atoms with van der Waals surface area (Å²) in [6.07, 6.45) is 0.309. The van der Waals surface area contributed by atoms with Gasteiger partial charge in [-0.05, 0) is 94.1 Å². The molecule has 0 fully saturated rings. The molecule has 0 aliphatic heterocycles. The summed E-state index contributed by atoms with van der Waals surface area (Å²) in [6, 6.07) is 15.8. The Balaban J connectivity index is 2.12. The van der Waals surface area contributed by atoms with Gasteiger partial charge in [-0.15, -0.1) is 0 Å². The fraction of sp³-hybridized carbons (Fsp3) is 0.355. The first-order valence-electron chi connectivity index (χ1n) is 13.4. The van der Waals surface area contributed by atoms with Crippen LogP contribution in [0.15, 0.2) is 65.6 Å². The average molecular weight is 619 g/mol. The molecule has 0 spiro atoms. The highest BCUT2D eigenvalue weighted by molar-refractivity contribution is 7.92. The van der Waals surface area contributed by atoms with Crippen molar-refractivity contribution in [1.82, 2.24) is 10.2 Å². The fourth-order valence-corrected chi connectivity index (χ4v) is 6.46. The SMILES string of the molecule is CCC(C(=O)NC(C)C)N(Cc1ccc(Cl)cc1Cl)C(=O)CN(c1cc(C)cc(C)c1)S(=O)(=O)c1ccc(C)cc1. The zero-order valence-corrected chi connectivity index (χ0v) is 26.6. The number of sulfonamides is 1. The summed E-state index contributed by atoms with van der Waals surface area (Å²) in [5.41, 5.74) is 3.55. The Morgan fingerprint density at radius 2 is 1.49 bits per heavy atom. The maximum absolute atomic E-state index is 14.2. The van der Waals surface area contributed by atoms with Crippen LogP contribution in [-0.4, -0.2) is 43.8 Å². The van der Waals surface area contributed by atoms with Gasteiger partial charge < -0.3 is 10.2 Å². The van der Waals surface area contributed by atoms with E-state index in [0.717, 1.165) is 21.0 Å². The van der Waals surface area contributed by atoms with Gasteiger partial charge in [-0.25, -0.2) is 8.42 Å². The number of aryl methyl sites for hydroxylation is 3. The van der Waals surface area contributed by atoms with Crippen LogP contribution in [0.1, 0.15) is 49.4 Å². The highest BCUT2D eigenvalue weighted by Crippen LogP contribution is 2.28. The summed E-state index contributed by atoms with van der Waals surface area (Å²) in [5, 5.41) is 3.66. The Morgan fingerprint density at radius 3 is 2.02 bits per heavy atom. The lowest BCUT2D eigenvalue weighted by molar-refractivity contribution is -0.140. The summed E-state index contributed by atoms with van der Waals surface area (Å²) in [4.78, 5) is 28.9. The number of nitrogens with one attached hydrogen (secondary N) is 1. The highest BCUT2D eigenvalue weighted by atomic mass is 35.5. The molecule has 2 amide bonds. The molecular formula is C31H37Cl2N3O4S. The van der Waals surface area contributed by atoms with E-state index in [2.05, 4.69) is 5.32 Å². The van der Waals surface area contributed by atoms with Gasteiger partial charge >= 0.3 is 0 Å². The van der Waals surface area contributed by atoms with E-state index in [1.807, 2.05) is 40.7 Å². The summed E-state index contributed by atoms with van der Waals surface area (Å²) in [7, 11) is -4.15. The summed E-state index contributed by atoms with van der Waals surface area (Å²) >= 11 is 12.6. The summed E-state index contributed by atoms with van der Waals surface area (Å²) < 4.78 is 29.2. The summed E-state index contributed by atoms with van der Waals surface area (Å²) in [6.45, 7) is 10.6. The second-order valence-corrected chi connectivity index (χ2v) is 13.2. The maximum Gasteiger partial charge on any atom is 0.264 e. The molecule has 0 bridgehead atoms. The van der Waals surface area contributed by atoms with E-state index in [1.54, 1.807) is 49.4 Å². The van der Waals surface area contributed by atoms with Gasteiger partial charge in [0.05, 0.1) is 10.6 Å². The number of hydrogen-bond donors (Lipinski definition) is 1. The first-order chi connectivity index (χ1) is 19.2. The number of carbonyl (C=O) groups excluding carboxylic acids is 2. The van der Waals surface area contributed by atoms with Crippen LogP contribution in [0.2, 0.25) is 10.0 Å². The Kier molecular flexibility index (Phi) is 10.9. The molecule has 7 nitrogen and oxygen atoms in total. The van der Waals surface area contributed by atoms with E-state index >= 15 is 0 Å². The zero-order valence-electron chi connectivity index (χ0n) is 24.2. The first-order valence-corrected chi connectivity index (χ1v) is 15.6. The Labute approximate surface area is 253 Å². The predicted molar refractivity (Wildman–Crippen MR) is 166 cm³/mol. The maximum atomic E-state index is 14.2. The number of nitrogens with zero attached hydrogens (tertiary/aromatic N) is 2. The minimum Gasteiger partial charge on any atom is -0.352 e. The zero-order chi connectivity index (χ0) is 30.5. The van der Waals surface area contributed by atoms with Gasteiger partial charge in [0.2, 0.25) is 11.8 Å². The van der Waals surface area contributed by atoms with Gasteiger partial charge in [0.1, 0.15) is 12.6 Å². The third-order valence-corrected chi connectivity index (χ3v) is 8.93. The number of carbonyl (C=O) groups is 2. The molecule has 1 N–H and O–H groups in total. The summed E-state index contributed by atoms with van der Waals surface area (Å²) in [5.74, 6) is -0.878. The normalized spacial score (nSPS) is 12.2. The molecule has 0 aromatic heterocycles. The van der Waals surface area contributed by atoms with Crippen LogP contribution >= 0.6 is 23.2 Å². The van der Waals surface area contributed by atoms with Gasteiger partial charge in [-0.2, -0.15) is 0 Å². The molecule has 220 valence electrons. The Bertz CT molecular complexity index is 1490. The van der Waals surface area contributed by atoms with Crippen LogP contribution in [0, 0.1) is 20.8 Å². The van der Waals surface area contributed by atoms with Crippen molar-refractivity contribution in [3.63, 3.8) is 0 Å². The van der Waals surface area contributed by atoms with Crippen molar-refractivity contribution in [2.75, 3.05) is 10.8 Å². The molecule has 0 heterocycles. The van der Waals surface area contributed by atoms with Crippen molar-refractivity contribution in [3.8, 4) is 0 Å². The quantitative estimate of drug-likeness (QED) is 0.268. The fourth-order valence-electron chi connectivity index (χ4n) is 4.59. The number of anilines is 1. The molecule has 10 heteroatoms. The number of hydrogen-bond acceptors (Lipinski definition) is 4. The number of halogens is 2. The second-order valence-electron chi connectivity index (χ2n) is 10.5. The Hall–Kier alpha value is -3.07. The molecule has 0 aliphatic rings. The van der Waals surface area contributed by atoms with Crippen molar-refractivity contribution in [2.45, 2.75) is 71.5 Å². The number of amides is 2. The van der Waals surface area contributed by atoms with Crippen molar-refractivity contribution < 1.29 is 18.0 Å². The molecule has 0 aliphatic carbocycles. The molecule has 1 unspecified atom stereocenters. The van der Waals surface area contributed by atoms with E-state index in [1.165, 1.54) is 17.0 Å². The van der Waals surface area contributed by atoms with E-state index in [4.69, 9.17) is 23.2 Å². The van der Waals surface area contributed by atoms with Crippen LogP contribution in [0.4, 0.5) is 5.69 Å². The van der Waals surface area contributed by atoms with Crippen LogP contribution in [0.3, 0.4) is 0 Å². The van der Waals surface area contributed by atoms with E-state index in [9.17, 15) is 18.0 Å².